The zero-order valence-corrected chi connectivity index (χ0v) is 14.3. The van der Waals surface area contributed by atoms with Gasteiger partial charge in [0.2, 0.25) is 5.91 Å². The first kappa shape index (κ1) is 16.3. The minimum Gasteiger partial charge on any atom is -0.335 e. The molecule has 0 fully saturated rings. The Bertz CT molecular complexity index is 846. The number of likely N-dealkylation sites (N-methyl/N-ethyl adjacent to an activating group) is 1. The average molecular weight is 319 g/mol. The smallest absolute Gasteiger partial charge is 0.246 e. The molecule has 0 bridgehead atoms. The molecule has 1 heterocycles. The lowest BCUT2D eigenvalue weighted by Crippen LogP contribution is -2.34. The lowest BCUT2D eigenvalue weighted by molar-refractivity contribution is -0.119. The van der Waals surface area contributed by atoms with E-state index in [4.69, 9.17) is 0 Å². The third-order valence-corrected chi connectivity index (χ3v) is 4.41. The van der Waals surface area contributed by atoms with Gasteiger partial charge in [-0.05, 0) is 56.8 Å². The summed E-state index contributed by atoms with van der Waals surface area (Å²) in [5.74, 6) is 0.0948. The van der Waals surface area contributed by atoms with Gasteiger partial charge in [-0.3, -0.25) is 4.79 Å². The van der Waals surface area contributed by atoms with E-state index < -0.39 is 0 Å². The summed E-state index contributed by atoms with van der Waals surface area (Å²) in [5, 5.41) is 1.15. The van der Waals surface area contributed by atoms with Crippen LogP contribution in [0.5, 0.6) is 0 Å². The molecule has 0 atom stereocenters. The van der Waals surface area contributed by atoms with Crippen LogP contribution in [0.15, 0.2) is 54.6 Å². The van der Waals surface area contributed by atoms with Crippen molar-refractivity contribution < 1.29 is 4.79 Å². The average Bonchev–Trinajstić information content (AvgIpc) is 2.95. The molecule has 0 aliphatic heterocycles. The summed E-state index contributed by atoms with van der Waals surface area (Å²) in [7, 11) is 0. The fourth-order valence-electron chi connectivity index (χ4n) is 3.11. The zero-order valence-electron chi connectivity index (χ0n) is 14.3. The van der Waals surface area contributed by atoms with Crippen molar-refractivity contribution in [3.05, 3.63) is 72.8 Å². The van der Waals surface area contributed by atoms with E-state index in [1.165, 1.54) is 5.56 Å². The van der Waals surface area contributed by atoms with Crippen molar-refractivity contribution in [2.75, 3.05) is 11.4 Å². The number of benzene rings is 2. The SMILES string of the molecule is [CH2]Cc1cc2ccccc2n1CC(=O)N(CC)c1ccc(C)cc1. The highest BCUT2D eigenvalue weighted by Crippen LogP contribution is 2.22. The van der Waals surface area contributed by atoms with Gasteiger partial charge in [0, 0.05) is 23.4 Å². The number of anilines is 1. The Balaban J connectivity index is 1.92. The number of fused-ring (bicyclic) bond motifs is 1. The number of aromatic nitrogens is 1. The molecule has 0 saturated carbocycles. The molecule has 3 heteroatoms. The Morgan fingerprint density at radius 2 is 1.83 bits per heavy atom. The molecule has 1 aromatic heterocycles. The van der Waals surface area contributed by atoms with Crippen molar-refractivity contribution in [2.45, 2.75) is 26.8 Å². The maximum absolute atomic E-state index is 12.9. The van der Waals surface area contributed by atoms with Gasteiger partial charge < -0.3 is 9.47 Å². The fourth-order valence-corrected chi connectivity index (χ4v) is 3.11. The van der Waals surface area contributed by atoms with Crippen LogP contribution in [0.4, 0.5) is 5.69 Å². The van der Waals surface area contributed by atoms with Gasteiger partial charge in [-0.2, -0.15) is 0 Å². The van der Waals surface area contributed by atoms with Crippen molar-refractivity contribution in [1.29, 1.82) is 0 Å². The highest BCUT2D eigenvalue weighted by Gasteiger charge is 2.17. The van der Waals surface area contributed by atoms with E-state index in [0.717, 1.165) is 22.3 Å². The third kappa shape index (κ3) is 3.07. The molecule has 0 spiro atoms. The number of rotatable bonds is 5. The lowest BCUT2D eigenvalue weighted by Gasteiger charge is -2.22. The number of carbonyl (C=O) groups excluding carboxylic acids is 1. The molecule has 2 aromatic carbocycles. The molecule has 1 amide bonds. The summed E-state index contributed by atoms with van der Waals surface area (Å²) in [6.45, 7) is 9.05. The van der Waals surface area contributed by atoms with Crippen molar-refractivity contribution in [3.8, 4) is 0 Å². The van der Waals surface area contributed by atoms with Gasteiger partial charge in [0.25, 0.3) is 0 Å². The number of carbonyl (C=O) groups is 1. The van der Waals surface area contributed by atoms with Crippen LogP contribution in [0.1, 0.15) is 18.2 Å². The molecular formula is C21H23N2O. The molecule has 24 heavy (non-hydrogen) atoms. The first-order valence-corrected chi connectivity index (χ1v) is 8.37. The van der Waals surface area contributed by atoms with Gasteiger partial charge in [-0.15, -0.1) is 0 Å². The summed E-state index contributed by atoms with van der Waals surface area (Å²) in [6.07, 6.45) is 0.665. The Labute approximate surface area is 143 Å². The Morgan fingerprint density at radius 1 is 1.12 bits per heavy atom. The maximum Gasteiger partial charge on any atom is 0.246 e. The van der Waals surface area contributed by atoms with Gasteiger partial charge in [0.05, 0.1) is 0 Å². The number of aryl methyl sites for hydroxylation is 1. The van der Waals surface area contributed by atoms with E-state index in [0.29, 0.717) is 19.5 Å². The van der Waals surface area contributed by atoms with Crippen molar-refractivity contribution in [1.82, 2.24) is 4.57 Å². The van der Waals surface area contributed by atoms with Crippen LogP contribution in [0, 0.1) is 13.8 Å². The van der Waals surface area contributed by atoms with E-state index in [2.05, 4.69) is 29.7 Å². The van der Waals surface area contributed by atoms with Crippen LogP contribution in [0.25, 0.3) is 10.9 Å². The Morgan fingerprint density at radius 3 is 2.50 bits per heavy atom. The molecule has 3 rings (SSSR count). The first-order chi connectivity index (χ1) is 11.6. The molecular weight excluding hydrogens is 296 g/mol. The number of amides is 1. The van der Waals surface area contributed by atoms with Gasteiger partial charge in [-0.1, -0.05) is 35.9 Å². The van der Waals surface area contributed by atoms with E-state index >= 15 is 0 Å². The third-order valence-electron chi connectivity index (χ3n) is 4.41. The minimum absolute atomic E-state index is 0.0948. The topological polar surface area (TPSA) is 25.2 Å². The minimum atomic E-state index is 0.0948. The van der Waals surface area contributed by atoms with Crippen LogP contribution in [0.3, 0.4) is 0 Å². The van der Waals surface area contributed by atoms with Crippen molar-refractivity contribution >= 4 is 22.5 Å². The summed E-state index contributed by atoms with van der Waals surface area (Å²) >= 11 is 0. The van der Waals surface area contributed by atoms with Gasteiger partial charge in [-0.25, -0.2) is 0 Å². The quantitative estimate of drug-likeness (QED) is 0.685. The molecule has 1 radical (unpaired) electrons. The van der Waals surface area contributed by atoms with Crippen LogP contribution < -0.4 is 4.90 Å². The van der Waals surface area contributed by atoms with E-state index in [9.17, 15) is 4.79 Å². The van der Waals surface area contributed by atoms with E-state index in [-0.39, 0.29) is 5.91 Å². The first-order valence-electron chi connectivity index (χ1n) is 8.37. The molecule has 123 valence electrons. The van der Waals surface area contributed by atoms with Crippen LogP contribution >= 0.6 is 0 Å². The summed E-state index contributed by atoms with van der Waals surface area (Å²) in [4.78, 5) is 14.8. The van der Waals surface area contributed by atoms with Crippen LogP contribution in [0.2, 0.25) is 0 Å². The second kappa shape index (κ2) is 6.91. The van der Waals surface area contributed by atoms with Crippen LogP contribution in [-0.2, 0) is 17.8 Å². The van der Waals surface area contributed by atoms with Gasteiger partial charge in [0.1, 0.15) is 6.54 Å². The monoisotopic (exact) mass is 319 g/mol. The molecule has 0 aliphatic carbocycles. The number of para-hydroxylation sites is 1. The van der Waals surface area contributed by atoms with Crippen molar-refractivity contribution in [3.63, 3.8) is 0 Å². The summed E-state index contributed by atoms with van der Waals surface area (Å²) in [5.41, 5.74) is 4.31. The number of nitrogens with zero attached hydrogens (tertiary/aromatic N) is 2. The maximum atomic E-state index is 12.9. The lowest BCUT2D eigenvalue weighted by atomic mass is 10.2. The van der Waals surface area contributed by atoms with E-state index in [1.54, 1.807) is 0 Å². The van der Waals surface area contributed by atoms with Gasteiger partial charge in [0.15, 0.2) is 0 Å². The molecule has 0 N–H and O–H groups in total. The standard InChI is InChI=1S/C21H23N2O/c1-4-18-14-17-8-6-7-9-20(17)23(18)15-21(24)22(5-2)19-12-10-16(3)11-13-19/h6-14H,1,4-5,15H2,2-3H3. The molecule has 0 aliphatic rings. The number of hydrogen-bond acceptors (Lipinski definition) is 1. The van der Waals surface area contributed by atoms with Gasteiger partial charge >= 0.3 is 0 Å². The normalized spacial score (nSPS) is 11.0. The predicted octanol–water partition coefficient (Wildman–Crippen LogP) is 4.38. The molecule has 3 aromatic rings. The second-order valence-electron chi connectivity index (χ2n) is 6.00. The zero-order chi connectivity index (χ0) is 17.1. The Hall–Kier alpha value is -2.55. The second-order valence-corrected chi connectivity index (χ2v) is 6.00. The molecule has 0 unspecified atom stereocenters. The summed E-state index contributed by atoms with van der Waals surface area (Å²) in [6, 6.07) is 18.4. The highest BCUT2D eigenvalue weighted by atomic mass is 16.2. The summed E-state index contributed by atoms with van der Waals surface area (Å²) < 4.78 is 2.08. The Kier molecular flexibility index (Phi) is 4.70. The van der Waals surface area contributed by atoms with Crippen molar-refractivity contribution in [2.24, 2.45) is 0 Å². The largest absolute Gasteiger partial charge is 0.335 e. The highest BCUT2D eigenvalue weighted by molar-refractivity contribution is 5.94. The predicted molar refractivity (Wildman–Crippen MR) is 100 cm³/mol. The van der Waals surface area contributed by atoms with E-state index in [1.807, 2.05) is 55.1 Å². The number of hydrogen-bond donors (Lipinski definition) is 0. The van der Waals surface area contributed by atoms with Crippen LogP contribution in [-0.4, -0.2) is 17.0 Å². The fraction of sp³-hybridized carbons (Fsp3) is 0.238. The molecule has 0 saturated heterocycles. The molecule has 3 nitrogen and oxygen atoms in total.